The van der Waals surface area contributed by atoms with Crippen molar-refractivity contribution < 1.29 is 33.0 Å². The van der Waals surface area contributed by atoms with Crippen LogP contribution < -0.4 is 10.1 Å². The van der Waals surface area contributed by atoms with Crippen LogP contribution in [0.2, 0.25) is 0 Å². The molecule has 268 valence electrons. The number of fused-ring (bicyclic) bond motifs is 1. The molecule has 4 rings (SSSR count). The second kappa shape index (κ2) is 20.0. The minimum atomic E-state index is -0.589. The van der Waals surface area contributed by atoms with Gasteiger partial charge in [-0.3, -0.25) is 4.79 Å². The SMILES string of the molecule is CCCCCCC.CCOC(=O)Cc1ccc(C#N)cc1OCc1cc(-c2cccc(CNC(=O)OC(C)(C)C)c2)c2oc(COC)cc2c1. The summed E-state index contributed by atoms with van der Waals surface area (Å²) in [4.78, 5) is 24.4. The van der Waals surface area contributed by atoms with Gasteiger partial charge >= 0.3 is 12.1 Å². The fourth-order valence-corrected chi connectivity index (χ4v) is 5.23. The van der Waals surface area contributed by atoms with E-state index in [-0.39, 0.29) is 25.6 Å². The van der Waals surface area contributed by atoms with E-state index < -0.39 is 11.7 Å². The molecule has 0 saturated heterocycles. The molecule has 1 aromatic heterocycles. The largest absolute Gasteiger partial charge is 0.489 e. The molecule has 0 aliphatic heterocycles. The van der Waals surface area contributed by atoms with Gasteiger partial charge < -0.3 is 28.7 Å². The summed E-state index contributed by atoms with van der Waals surface area (Å²) in [5, 5.41) is 13.1. The van der Waals surface area contributed by atoms with E-state index >= 15 is 0 Å². The van der Waals surface area contributed by atoms with Gasteiger partial charge in [0.1, 0.15) is 35.9 Å². The number of ether oxygens (including phenoxy) is 4. The number of furan rings is 1. The third-order valence-corrected chi connectivity index (χ3v) is 7.53. The fraction of sp³-hybridized carbons (Fsp3) is 0.439. The van der Waals surface area contributed by atoms with E-state index in [4.69, 9.17) is 23.4 Å². The van der Waals surface area contributed by atoms with Crippen LogP contribution in [-0.4, -0.2) is 31.4 Å². The van der Waals surface area contributed by atoms with Gasteiger partial charge in [0.15, 0.2) is 0 Å². The first kappa shape index (κ1) is 39.6. The van der Waals surface area contributed by atoms with E-state index in [0.717, 1.165) is 27.6 Å². The van der Waals surface area contributed by atoms with Crippen molar-refractivity contribution in [1.29, 1.82) is 5.26 Å². The molecule has 50 heavy (non-hydrogen) atoms. The third kappa shape index (κ3) is 12.9. The lowest BCUT2D eigenvalue weighted by Gasteiger charge is -2.19. The van der Waals surface area contributed by atoms with Gasteiger partial charge in [0.25, 0.3) is 0 Å². The van der Waals surface area contributed by atoms with E-state index in [2.05, 4.69) is 25.2 Å². The number of alkyl carbamates (subject to hydrolysis) is 1. The highest BCUT2D eigenvalue weighted by Gasteiger charge is 2.17. The quantitative estimate of drug-likeness (QED) is 0.0971. The topological polar surface area (TPSA) is 120 Å². The number of nitriles is 1. The first-order valence-corrected chi connectivity index (χ1v) is 17.4. The number of carbonyl (C=O) groups is 2. The van der Waals surface area contributed by atoms with E-state index in [1.54, 1.807) is 32.2 Å². The Kier molecular flexibility index (Phi) is 15.9. The van der Waals surface area contributed by atoms with Crippen molar-refractivity contribution in [2.24, 2.45) is 0 Å². The summed E-state index contributed by atoms with van der Waals surface area (Å²) < 4.78 is 28.1. The number of unbranched alkanes of at least 4 members (excludes halogenated alkanes) is 4. The Bertz CT molecular complexity index is 1730. The van der Waals surface area contributed by atoms with Crippen LogP contribution in [0.5, 0.6) is 5.75 Å². The van der Waals surface area contributed by atoms with E-state index in [9.17, 15) is 14.9 Å². The van der Waals surface area contributed by atoms with Gasteiger partial charge in [0.2, 0.25) is 0 Å². The molecular formula is C41H52N2O7. The zero-order valence-corrected chi connectivity index (χ0v) is 30.6. The van der Waals surface area contributed by atoms with Crippen molar-refractivity contribution in [3.05, 3.63) is 88.7 Å². The van der Waals surface area contributed by atoms with Crippen LogP contribution >= 0.6 is 0 Å². The Morgan fingerprint density at radius 3 is 2.32 bits per heavy atom. The number of methoxy groups -OCH3 is 1. The van der Waals surface area contributed by atoms with Crippen LogP contribution in [0.15, 0.2) is 65.1 Å². The first-order valence-electron chi connectivity index (χ1n) is 17.4. The molecule has 0 aliphatic rings. The van der Waals surface area contributed by atoms with Crippen molar-refractivity contribution in [2.45, 2.75) is 105 Å². The molecule has 9 nitrogen and oxygen atoms in total. The maximum atomic E-state index is 12.2. The minimum Gasteiger partial charge on any atom is -0.489 e. The summed E-state index contributed by atoms with van der Waals surface area (Å²) in [6.45, 7) is 12.8. The molecule has 1 amide bonds. The van der Waals surface area contributed by atoms with Crippen LogP contribution in [0, 0.1) is 11.3 Å². The van der Waals surface area contributed by atoms with Crippen molar-refractivity contribution >= 4 is 23.0 Å². The molecule has 0 unspecified atom stereocenters. The number of nitrogens with zero attached hydrogens (tertiary/aromatic N) is 1. The van der Waals surface area contributed by atoms with Crippen LogP contribution in [0.25, 0.3) is 22.1 Å². The average Bonchev–Trinajstić information content (AvgIpc) is 3.49. The highest BCUT2D eigenvalue weighted by atomic mass is 16.6. The first-order chi connectivity index (χ1) is 24.0. The molecule has 4 aromatic rings. The number of rotatable bonds is 15. The van der Waals surface area contributed by atoms with Gasteiger partial charge in [-0.25, -0.2) is 4.79 Å². The smallest absolute Gasteiger partial charge is 0.407 e. The summed E-state index contributed by atoms with van der Waals surface area (Å²) in [5.74, 6) is 0.750. The Morgan fingerprint density at radius 2 is 1.66 bits per heavy atom. The van der Waals surface area contributed by atoms with Crippen LogP contribution in [0.1, 0.15) is 102 Å². The van der Waals surface area contributed by atoms with Gasteiger partial charge in [-0.2, -0.15) is 5.26 Å². The van der Waals surface area contributed by atoms with Crippen molar-refractivity contribution in [1.82, 2.24) is 5.32 Å². The molecule has 0 spiro atoms. The van der Waals surface area contributed by atoms with Crippen LogP contribution in [0.3, 0.4) is 0 Å². The predicted octanol–water partition coefficient (Wildman–Crippen LogP) is 9.80. The molecule has 1 heterocycles. The van der Waals surface area contributed by atoms with Gasteiger partial charge in [0, 0.05) is 30.2 Å². The highest BCUT2D eigenvalue weighted by Crippen LogP contribution is 2.34. The van der Waals surface area contributed by atoms with Crippen LogP contribution in [-0.2, 0) is 45.2 Å². The summed E-state index contributed by atoms with van der Waals surface area (Å²) in [5.41, 5.74) is 4.65. The molecular weight excluding hydrogens is 632 g/mol. The van der Waals surface area contributed by atoms with E-state index in [1.807, 2.05) is 63.2 Å². The Balaban J connectivity index is 0.000000872. The number of carbonyl (C=O) groups excluding carboxylic acids is 2. The van der Waals surface area contributed by atoms with Gasteiger partial charge in [-0.15, -0.1) is 0 Å². The van der Waals surface area contributed by atoms with Gasteiger partial charge in [0.05, 0.1) is 24.7 Å². The van der Waals surface area contributed by atoms with E-state index in [1.165, 1.54) is 32.1 Å². The number of hydrogen-bond acceptors (Lipinski definition) is 8. The fourth-order valence-electron chi connectivity index (χ4n) is 5.23. The van der Waals surface area contributed by atoms with Gasteiger partial charge in [-0.05, 0) is 80.8 Å². The molecule has 0 fully saturated rings. The molecule has 0 atom stereocenters. The molecule has 0 radical (unpaired) electrons. The number of hydrogen-bond donors (Lipinski definition) is 1. The zero-order chi connectivity index (χ0) is 36.5. The second-order valence-electron chi connectivity index (χ2n) is 13.0. The summed E-state index contributed by atoms with van der Waals surface area (Å²) >= 11 is 0. The summed E-state index contributed by atoms with van der Waals surface area (Å²) in [7, 11) is 1.61. The van der Waals surface area contributed by atoms with Crippen LogP contribution in [0.4, 0.5) is 4.79 Å². The van der Waals surface area contributed by atoms with Crippen molar-refractivity contribution in [2.75, 3.05) is 13.7 Å². The minimum absolute atomic E-state index is 0.0331. The standard InChI is InChI=1S/C34H36N2O7.C7H16/c1-6-40-31(37)17-26-11-10-22(18-35)15-30(26)41-20-24-13-27-16-28(21-39-5)42-32(27)29(14-24)25-9-7-8-23(12-25)19-36-33(38)43-34(2,3)4;1-3-5-7-6-4-2/h7-16H,6,17,19-21H2,1-5H3,(H,36,38);3-7H2,1-2H3. The lowest BCUT2D eigenvalue weighted by molar-refractivity contribution is -0.142. The molecule has 0 aliphatic carbocycles. The number of amides is 1. The Hall–Kier alpha value is -4.81. The number of nitrogens with one attached hydrogen (secondary N) is 1. The molecule has 0 saturated carbocycles. The third-order valence-electron chi connectivity index (χ3n) is 7.53. The maximum Gasteiger partial charge on any atom is 0.407 e. The second-order valence-corrected chi connectivity index (χ2v) is 13.0. The summed E-state index contributed by atoms with van der Waals surface area (Å²) in [6.07, 6.45) is 6.55. The maximum absolute atomic E-state index is 12.2. The lowest BCUT2D eigenvalue weighted by atomic mass is 9.99. The van der Waals surface area contributed by atoms with E-state index in [0.29, 0.717) is 41.4 Å². The molecule has 9 heteroatoms. The normalized spacial score (nSPS) is 10.9. The molecule has 3 aromatic carbocycles. The number of benzene rings is 3. The lowest BCUT2D eigenvalue weighted by Crippen LogP contribution is -2.32. The Morgan fingerprint density at radius 1 is 0.900 bits per heavy atom. The van der Waals surface area contributed by atoms with Crippen molar-refractivity contribution in [3.8, 4) is 22.9 Å². The predicted molar refractivity (Wildman–Crippen MR) is 196 cm³/mol. The van der Waals surface area contributed by atoms with Gasteiger partial charge in [-0.1, -0.05) is 70.2 Å². The highest BCUT2D eigenvalue weighted by molar-refractivity contribution is 5.93. The molecule has 0 bridgehead atoms. The zero-order valence-electron chi connectivity index (χ0n) is 30.6. The Labute approximate surface area is 296 Å². The molecule has 1 N–H and O–H groups in total. The summed E-state index contributed by atoms with van der Waals surface area (Å²) in [6, 6.07) is 20.8. The number of esters is 1. The monoisotopic (exact) mass is 684 g/mol. The average molecular weight is 685 g/mol. The van der Waals surface area contributed by atoms with Crippen molar-refractivity contribution in [3.63, 3.8) is 0 Å².